The van der Waals surface area contributed by atoms with E-state index in [1.54, 1.807) is 0 Å². The molecule has 92 valence electrons. The van der Waals surface area contributed by atoms with Gasteiger partial charge in [-0.15, -0.1) is 0 Å². The fourth-order valence-electron chi connectivity index (χ4n) is 1.18. The van der Waals surface area contributed by atoms with Gasteiger partial charge in [0.05, 0.1) is 12.2 Å². The highest BCUT2D eigenvalue weighted by Gasteiger charge is 2.26. The average molecular weight is 244 g/mol. The highest BCUT2D eigenvalue weighted by atomic mass is 19.4. The van der Waals surface area contributed by atoms with Crippen LogP contribution in [0.5, 0.6) is 5.75 Å². The summed E-state index contributed by atoms with van der Waals surface area (Å²) in [6.07, 6.45) is -5.16. The smallest absolute Gasteiger partial charge is 0.389 e. The van der Waals surface area contributed by atoms with Crippen LogP contribution in [0.1, 0.15) is 18.4 Å². The molecule has 0 aromatic heterocycles. The maximum Gasteiger partial charge on any atom is 0.389 e. The van der Waals surface area contributed by atoms with Gasteiger partial charge in [-0.1, -0.05) is 0 Å². The van der Waals surface area contributed by atoms with Gasteiger partial charge in [0, 0.05) is 12.1 Å². The molecule has 17 heavy (non-hydrogen) atoms. The molecule has 0 spiro atoms. The Hall–Kier alpha value is -1.90. The quantitative estimate of drug-likeness (QED) is 0.654. The summed E-state index contributed by atoms with van der Waals surface area (Å²) in [5, 5.41) is 8.69. The number of nitriles is 1. The van der Waals surface area contributed by atoms with Crippen molar-refractivity contribution < 1.29 is 17.9 Å². The summed E-state index contributed by atoms with van der Waals surface area (Å²) in [6.45, 7) is -0.0473. The summed E-state index contributed by atoms with van der Waals surface area (Å²) in [5.41, 5.74) is 6.05. The van der Waals surface area contributed by atoms with Crippen molar-refractivity contribution in [1.29, 1.82) is 5.26 Å². The van der Waals surface area contributed by atoms with E-state index in [1.807, 2.05) is 6.07 Å². The molecule has 0 unspecified atom stereocenters. The summed E-state index contributed by atoms with van der Waals surface area (Å²) in [7, 11) is 0. The van der Waals surface area contributed by atoms with E-state index in [0.29, 0.717) is 11.4 Å². The van der Waals surface area contributed by atoms with Crippen molar-refractivity contribution in [2.45, 2.75) is 19.0 Å². The number of ether oxygens (including phenoxy) is 1. The molecule has 3 nitrogen and oxygen atoms in total. The lowest BCUT2D eigenvalue weighted by molar-refractivity contribution is -0.136. The van der Waals surface area contributed by atoms with Crippen LogP contribution in [0.25, 0.3) is 0 Å². The van der Waals surface area contributed by atoms with E-state index in [-0.39, 0.29) is 18.6 Å². The van der Waals surface area contributed by atoms with Crippen LogP contribution in [0.4, 0.5) is 18.9 Å². The van der Waals surface area contributed by atoms with E-state index in [1.165, 1.54) is 18.2 Å². The second-order valence-electron chi connectivity index (χ2n) is 3.43. The van der Waals surface area contributed by atoms with Crippen LogP contribution in [0.3, 0.4) is 0 Å². The zero-order chi connectivity index (χ0) is 12.9. The van der Waals surface area contributed by atoms with Crippen LogP contribution < -0.4 is 10.5 Å². The molecule has 0 fully saturated rings. The molecule has 0 heterocycles. The van der Waals surface area contributed by atoms with Crippen LogP contribution in [0, 0.1) is 11.3 Å². The number of nitrogen functional groups attached to an aromatic ring is 1. The van der Waals surface area contributed by atoms with Crippen LogP contribution in [-0.4, -0.2) is 12.8 Å². The third-order valence-corrected chi connectivity index (χ3v) is 2.02. The standard InChI is InChI=1S/C11H11F3N2O/c12-11(13,14)4-1-5-17-9-2-3-10(16)8(6-9)7-15/h2-3,6H,1,4-5,16H2. The van der Waals surface area contributed by atoms with E-state index in [0.717, 1.165) is 0 Å². The molecule has 6 heteroatoms. The minimum Gasteiger partial charge on any atom is -0.494 e. The highest BCUT2D eigenvalue weighted by molar-refractivity contribution is 5.56. The summed E-state index contributed by atoms with van der Waals surface area (Å²) < 4.78 is 40.6. The van der Waals surface area contributed by atoms with Gasteiger partial charge >= 0.3 is 6.18 Å². The van der Waals surface area contributed by atoms with Gasteiger partial charge in [0.1, 0.15) is 11.8 Å². The molecule has 2 N–H and O–H groups in total. The monoisotopic (exact) mass is 244 g/mol. The number of nitrogens with zero attached hydrogens (tertiary/aromatic N) is 1. The Morgan fingerprint density at radius 2 is 2.06 bits per heavy atom. The lowest BCUT2D eigenvalue weighted by atomic mass is 10.2. The van der Waals surface area contributed by atoms with Gasteiger partial charge in [-0.25, -0.2) is 0 Å². The van der Waals surface area contributed by atoms with E-state index in [2.05, 4.69) is 0 Å². The molecule has 1 aromatic rings. The van der Waals surface area contributed by atoms with E-state index >= 15 is 0 Å². The van der Waals surface area contributed by atoms with Crippen molar-refractivity contribution >= 4 is 5.69 Å². The zero-order valence-corrected chi connectivity index (χ0v) is 8.92. The number of alkyl halides is 3. The Morgan fingerprint density at radius 3 is 2.65 bits per heavy atom. The molecular weight excluding hydrogens is 233 g/mol. The van der Waals surface area contributed by atoms with Gasteiger partial charge in [0.25, 0.3) is 0 Å². The molecule has 0 saturated carbocycles. The highest BCUT2D eigenvalue weighted by Crippen LogP contribution is 2.22. The molecule has 0 aliphatic heterocycles. The van der Waals surface area contributed by atoms with Gasteiger partial charge in [-0.05, 0) is 24.6 Å². The van der Waals surface area contributed by atoms with E-state index in [9.17, 15) is 13.2 Å². The maximum absolute atomic E-state index is 11.8. The maximum atomic E-state index is 11.8. The summed E-state index contributed by atoms with van der Waals surface area (Å²) >= 11 is 0. The lowest BCUT2D eigenvalue weighted by Crippen LogP contribution is -2.09. The van der Waals surface area contributed by atoms with Crippen molar-refractivity contribution in [2.24, 2.45) is 0 Å². The Labute approximate surface area is 96.6 Å². The molecule has 0 radical (unpaired) electrons. The molecule has 1 rings (SSSR count). The molecule has 1 aromatic carbocycles. The fourth-order valence-corrected chi connectivity index (χ4v) is 1.18. The molecule has 0 aliphatic rings. The number of rotatable bonds is 4. The van der Waals surface area contributed by atoms with Crippen LogP contribution >= 0.6 is 0 Å². The molecule has 0 atom stereocenters. The first-order valence-corrected chi connectivity index (χ1v) is 4.91. The summed E-state index contributed by atoms with van der Waals surface area (Å²) in [4.78, 5) is 0. The minimum atomic E-state index is -4.16. The van der Waals surface area contributed by atoms with Gasteiger partial charge in [-0.3, -0.25) is 0 Å². The normalized spacial score (nSPS) is 10.9. The van der Waals surface area contributed by atoms with Gasteiger partial charge in [-0.2, -0.15) is 18.4 Å². The van der Waals surface area contributed by atoms with Crippen molar-refractivity contribution in [3.8, 4) is 11.8 Å². The number of benzene rings is 1. The number of anilines is 1. The summed E-state index contributed by atoms with van der Waals surface area (Å²) in [6, 6.07) is 6.27. The largest absolute Gasteiger partial charge is 0.494 e. The van der Waals surface area contributed by atoms with Crippen molar-refractivity contribution in [1.82, 2.24) is 0 Å². The van der Waals surface area contributed by atoms with Crippen molar-refractivity contribution in [2.75, 3.05) is 12.3 Å². The van der Waals surface area contributed by atoms with Gasteiger partial charge < -0.3 is 10.5 Å². The Kier molecular flexibility index (Phi) is 4.21. The molecule has 0 aliphatic carbocycles. The number of hydrogen-bond donors (Lipinski definition) is 1. The van der Waals surface area contributed by atoms with Crippen LogP contribution in [0.15, 0.2) is 18.2 Å². The number of hydrogen-bond acceptors (Lipinski definition) is 3. The first kappa shape index (κ1) is 13.2. The third kappa shape index (κ3) is 4.64. The second kappa shape index (κ2) is 5.43. The van der Waals surface area contributed by atoms with E-state index < -0.39 is 12.6 Å². The fraction of sp³-hybridized carbons (Fsp3) is 0.364. The predicted molar refractivity (Wildman–Crippen MR) is 56.4 cm³/mol. The molecule has 0 amide bonds. The van der Waals surface area contributed by atoms with Crippen LogP contribution in [-0.2, 0) is 0 Å². The minimum absolute atomic E-state index is 0.0473. The van der Waals surface area contributed by atoms with Crippen LogP contribution in [0.2, 0.25) is 0 Å². The molecule has 0 bridgehead atoms. The first-order valence-electron chi connectivity index (χ1n) is 4.91. The first-order chi connectivity index (χ1) is 7.92. The SMILES string of the molecule is N#Cc1cc(OCCCC(F)(F)F)ccc1N. The second-order valence-corrected chi connectivity index (χ2v) is 3.43. The Balaban J connectivity index is 2.45. The molecular formula is C11H11F3N2O. The third-order valence-electron chi connectivity index (χ3n) is 2.02. The predicted octanol–water partition coefficient (Wildman–Crippen LogP) is 2.86. The van der Waals surface area contributed by atoms with Crippen molar-refractivity contribution in [3.63, 3.8) is 0 Å². The lowest BCUT2D eigenvalue weighted by Gasteiger charge is -2.08. The Morgan fingerprint density at radius 1 is 1.35 bits per heavy atom. The summed E-state index contributed by atoms with van der Waals surface area (Å²) in [5.74, 6) is 0.345. The van der Waals surface area contributed by atoms with Gasteiger partial charge in [0.2, 0.25) is 0 Å². The average Bonchev–Trinajstić information content (AvgIpc) is 2.25. The number of nitrogens with two attached hydrogens (primary N) is 1. The zero-order valence-electron chi connectivity index (χ0n) is 8.92. The number of halogens is 3. The molecule has 0 saturated heterocycles. The topological polar surface area (TPSA) is 59.0 Å². The van der Waals surface area contributed by atoms with Gasteiger partial charge in [0.15, 0.2) is 0 Å². The van der Waals surface area contributed by atoms with E-state index in [4.69, 9.17) is 15.7 Å². The van der Waals surface area contributed by atoms with Crippen molar-refractivity contribution in [3.05, 3.63) is 23.8 Å². The Bertz CT molecular complexity index is 424.